The average Bonchev–Trinajstić information content (AvgIpc) is 3.25. The summed E-state index contributed by atoms with van der Waals surface area (Å²) in [6, 6.07) is 44.3. The smallest absolute Gasteiger partial charge is 0.164 e. The van der Waals surface area contributed by atoms with Crippen LogP contribution in [-0.2, 0) is 5.41 Å². The Balaban J connectivity index is 1.32. The van der Waals surface area contributed by atoms with Gasteiger partial charge in [-0.2, -0.15) is 0 Å². The highest BCUT2D eigenvalue weighted by Gasteiger charge is 2.37. The van der Waals surface area contributed by atoms with Crippen LogP contribution < -0.4 is 0 Å². The highest BCUT2D eigenvalue weighted by molar-refractivity contribution is 5.88. The monoisotopic (exact) mass is 501 g/mol. The van der Waals surface area contributed by atoms with Gasteiger partial charge in [-0.1, -0.05) is 141 Å². The summed E-state index contributed by atoms with van der Waals surface area (Å²) in [7, 11) is 0. The molecule has 0 bridgehead atoms. The van der Waals surface area contributed by atoms with Crippen molar-refractivity contribution < 1.29 is 0 Å². The molecule has 1 aromatic heterocycles. The molecule has 0 fully saturated rings. The van der Waals surface area contributed by atoms with Gasteiger partial charge in [0.25, 0.3) is 0 Å². The van der Waals surface area contributed by atoms with Gasteiger partial charge >= 0.3 is 0 Å². The number of nitrogens with zero attached hydrogens (tertiary/aromatic N) is 3. The van der Waals surface area contributed by atoms with Crippen LogP contribution in [0.25, 0.3) is 56.4 Å². The first-order valence-corrected chi connectivity index (χ1v) is 13.3. The summed E-state index contributed by atoms with van der Waals surface area (Å²) in [4.78, 5) is 14.6. The first-order valence-electron chi connectivity index (χ1n) is 13.3. The normalized spacial score (nSPS) is 13.1. The molecule has 6 aromatic rings. The predicted molar refractivity (Wildman–Crippen MR) is 159 cm³/mol. The Morgan fingerprint density at radius 1 is 0.385 bits per heavy atom. The van der Waals surface area contributed by atoms with Gasteiger partial charge in [-0.15, -0.1) is 0 Å². The Morgan fingerprint density at radius 3 is 1.41 bits per heavy atom. The van der Waals surface area contributed by atoms with Gasteiger partial charge in [-0.25, -0.2) is 15.0 Å². The Kier molecular flexibility index (Phi) is 5.45. The second-order valence-electron chi connectivity index (χ2n) is 10.5. The quantitative estimate of drug-likeness (QED) is 0.242. The Morgan fingerprint density at radius 2 is 0.821 bits per heavy atom. The lowest BCUT2D eigenvalue weighted by Gasteiger charge is -2.24. The molecule has 0 aliphatic heterocycles. The van der Waals surface area contributed by atoms with Gasteiger partial charge in [0.15, 0.2) is 17.5 Å². The Bertz CT molecular complexity index is 1750. The zero-order valence-electron chi connectivity index (χ0n) is 22.0. The minimum absolute atomic E-state index is 0.0649. The summed E-state index contributed by atoms with van der Waals surface area (Å²) in [5, 5.41) is 0. The molecule has 1 aliphatic rings. The molecule has 0 unspecified atom stereocenters. The molecule has 7 rings (SSSR count). The van der Waals surface area contributed by atoms with Gasteiger partial charge in [0.1, 0.15) is 0 Å². The molecule has 1 heterocycles. The van der Waals surface area contributed by atoms with Crippen LogP contribution in [0.5, 0.6) is 0 Å². The molecule has 0 atom stereocenters. The van der Waals surface area contributed by atoms with Crippen molar-refractivity contribution >= 4 is 0 Å². The largest absolute Gasteiger partial charge is 0.208 e. The fourth-order valence-electron chi connectivity index (χ4n) is 5.82. The van der Waals surface area contributed by atoms with Crippen LogP contribution in [0.15, 0.2) is 127 Å². The molecule has 5 aromatic carbocycles. The maximum Gasteiger partial charge on any atom is 0.164 e. The van der Waals surface area contributed by atoms with Crippen LogP contribution in [0.3, 0.4) is 0 Å². The van der Waals surface area contributed by atoms with Gasteiger partial charge in [0.05, 0.1) is 0 Å². The summed E-state index contributed by atoms with van der Waals surface area (Å²) in [5.74, 6) is 2.01. The van der Waals surface area contributed by atoms with Gasteiger partial charge in [0.2, 0.25) is 0 Å². The molecule has 0 saturated heterocycles. The zero-order chi connectivity index (χ0) is 26.4. The third kappa shape index (κ3) is 3.95. The van der Waals surface area contributed by atoms with E-state index < -0.39 is 0 Å². The maximum absolute atomic E-state index is 4.89. The molecule has 0 N–H and O–H groups in total. The van der Waals surface area contributed by atoms with E-state index >= 15 is 0 Å². The van der Waals surface area contributed by atoms with Crippen molar-refractivity contribution in [3.05, 3.63) is 139 Å². The summed E-state index contributed by atoms with van der Waals surface area (Å²) in [5.41, 5.74) is 10.7. The number of hydrogen-bond acceptors (Lipinski definition) is 3. The van der Waals surface area contributed by atoms with E-state index in [0.29, 0.717) is 17.5 Å². The zero-order valence-corrected chi connectivity index (χ0v) is 22.0. The fourth-order valence-corrected chi connectivity index (χ4v) is 5.82. The highest BCUT2D eigenvalue weighted by atomic mass is 15.0. The van der Waals surface area contributed by atoms with Crippen molar-refractivity contribution in [2.24, 2.45) is 0 Å². The topological polar surface area (TPSA) is 38.7 Å². The molecule has 3 nitrogen and oxygen atoms in total. The minimum atomic E-state index is -0.0649. The van der Waals surface area contributed by atoms with Gasteiger partial charge in [-0.05, 0) is 33.4 Å². The van der Waals surface area contributed by atoms with Crippen LogP contribution in [0.2, 0.25) is 0 Å². The van der Waals surface area contributed by atoms with Crippen molar-refractivity contribution in [1.82, 2.24) is 15.0 Å². The molecular formula is C36H27N3. The van der Waals surface area contributed by atoms with E-state index in [0.717, 1.165) is 16.7 Å². The van der Waals surface area contributed by atoms with Crippen molar-refractivity contribution in [3.8, 4) is 56.4 Å². The standard InChI is InChI=1S/C36H27N3/c1-36(2)31-19-10-9-16-29(31)30-18-11-17-28(32(30)36)24-20-22-27(23-21-24)35-38-33(25-12-5-3-6-13-25)37-34(39-35)26-14-7-4-8-15-26/h3-23H,1-2H3. The second kappa shape index (κ2) is 9.14. The van der Waals surface area contributed by atoms with Gasteiger partial charge in [-0.3, -0.25) is 0 Å². The molecule has 3 heteroatoms. The average molecular weight is 502 g/mol. The summed E-state index contributed by atoms with van der Waals surface area (Å²) < 4.78 is 0. The fraction of sp³-hybridized carbons (Fsp3) is 0.0833. The molecule has 39 heavy (non-hydrogen) atoms. The number of fused-ring (bicyclic) bond motifs is 3. The lowest BCUT2D eigenvalue weighted by atomic mass is 9.79. The van der Waals surface area contributed by atoms with Crippen LogP contribution in [0.1, 0.15) is 25.0 Å². The van der Waals surface area contributed by atoms with Crippen molar-refractivity contribution in [1.29, 1.82) is 0 Å². The number of rotatable bonds is 4. The second-order valence-corrected chi connectivity index (χ2v) is 10.5. The maximum atomic E-state index is 4.89. The van der Waals surface area contributed by atoms with Crippen LogP contribution in [0.4, 0.5) is 0 Å². The molecule has 0 radical (unpaired) electrons. The first-order chi connectivity index (χ1) is 19.1. The number of aromatic nitrogens is 3. The Labute approximate surface area is 228 Å². The van der Waals surface area contributed by atoms with E-state index in [1.807, 2.05) is 60.7 Å². The van der Waals surface area contributed by atoms with Gasteiger partial charge < -0.3 is 0 Å². The van der Waals surface area contributed by atoms with Crippen molar-refractivity contribution in [3.63, 3.8) is 0 Å². The number of hydrogen-bond donors (Lipinski definition) is 0. The summed E-state index contributed by atoms with van der Waals surface area (Å²) in [6.07, 6.45) is 0. The van der Waals surface area contributed by atoms with E-state index in [2.05, 4.69) is 80.6 Å². The highest BCUT2D eigenvalue weighted by Crippen LogP contribution is 2.52. The first kappa shape index (κ1) is 23.2. The van der Waals surface area contributed by atoms with E-state index in [9.17, 15) is 0 Å². The molecule has 1 aliphatic carbocycles. The predicted octanol–water partition coefficient (Wildman–Crippen LogP) is 8.85. The molecular weight excluding hydrogens is 474 g/mol. The van der Waals surface area contributed by atoms with Gasteiger partial charge in [0, 0.05) is 22.1 Å². The molecule has 186 valence electrons. The molecule has 0 spiro atoms. The third-order valence-electron chi connectivity index (χ3n) is 7.73. The Hall–Kier alpha value is -4.89. The third-order valence-corrected chi connectivity index (χ3v) is 7.73. The van der Waals surface area contributed by atoms with Crippen LogP contribution in [0, 0.1) is 0 Å². The van der Waals surface area contributed by atoms with Crippen molar-refractivity contribution in [2.75, 3.05) is 0 Å². The van der Waals surface area contributed by atoms with Crippen molar-refractivity contribution in [2.45, 2.75) is 19.3 Å². The molecule has 0 saturated carbocycles. The van der Waals surface area contributed by atoms with E-state index in [-0.39, 0.29) is 5.41 Å². The summed E-state index contributed by atoms with van der Waals surface area (Å²) >= 11 is 0. The summed E-state index contributed by atoms with van der Waals surface area (Å²) in [6.45, 7) is 4.66. The lowest BCUT2D eigenvalue weighted by molar-refractivity contribution is 0.662. The van der Waals surface area contributed by atoms with E-state index in [4.69, 9.17) is 15.0 Å². The van der Waals surface area contributed by atoms with E-state index in [1.165, 1.54) is 33.4 Å². The SMILES string of the molecule is CC1(C)c2ccccc2-c2cccc(-c3ccc(-c4nc(-c5ccccc5)nc(-c5ccccc5)n4)cc3)c21. The molecule has 0 amide bonds. The number of benzene rings is 5. The minimum Gasteiger partial charge on any atom is -0.208 e. The van der Waals surface area contributed by atoms with Crippen LogP contribution in [-0.4, -0.2) is 15.0 Å². The van der Waals surface area contributed by atoms with Crippen LogP contribution >= 0.6 is 0 Å². The van der Waals surface area contributed by atoms with E-state index in [1.54, 1.807) is 0 Å². The lowest BCUT2D eigenvalue weighted by Crippen LogP contribution is -2.16.